The predicted octanol–water partition coefficient (Wildman–Crippen LogP) is 3.88. The maximum absolute atomic E-state index is 14.0. The number of nitrogens with zero attached hydrogens (tertiary/aromatic N) is 5. The minimum atomic E-state index is -0.607. The van der Waals surface area contributed by atoms with Gasteiger partial charge >= 0.3 is 0 Å². The molecule has 5 aromatic rings. The van der Waals surface area contributed by atoms with E-state index in [9.17, 15) is 9.18 Å². The number of carbonyl (C=O) groups is 1. The van der Waals surface area contributed by atoms with Crippen molar-refractivity contribution >= 4 is 17.5 Å². The van der Waals surface area contributed by atoms with E-state index < -0.39 is 11.7 Å². The van der Waals surface area contributed by atoms with Gasteiger partial charge in [-0.2, -0.15) is 5.10 Å². The Morgan fingerprint density at radius 3 is 2.81 bits per heavy atom. The number of rotatable bonds is 4. The largest absolute Gasteiger partial charge is 0.322 e. The van der Waals surface area contributed by atoms with Gasteiger partial charge in [-0.25, -0.2) is 18.9 Å². The number of hydrogen-bond acceptors (Lipinski definition) is 5. The number of nitrogens with one attached hydrogen (secondary N) is 2. The van der Waals surface area contributed by atoms with Crippen molar-refractivity contribution in [1.29, 1.82) is 0 Å². The van der Waals surface area contributed by atoms with Crippen LogP contribution in [0.3, 0.4) is 0 Å². The van der Waals surface area contributed by atoms with Crippen LogP contribution < -0.4 is 5.32 Å². The molecule has 0 atom stereocenters. The average Bonchev–Trinajstić information content (AvgIpc) is 3.40. The lowest BCUT2D eigenvalue weighted by Crippen LogP contribution is -2.14. The number of H-pyrrole nitrogens is 1. The molecule has 4 heterocycles. The fraction of sp³-hybridized carbons (Fsp3) is 0.0455. The lowest BCUT2D eigenvalue weighted by atomic mass is 10.1. The van der Waals surface area contributed by atoms with Gasteiger partial charge < -0.3 is 4.98 Å². The number of hydrogen-bond donors (Lipinski definition) is 2. The first-order chi connectivity index (χ1) is 15.1. The zero-order valence-corrected chi connectivity index (χ0v) is 16.4. The highest BCUT2D eigenvalue weighted by Crippen LogP contribution is 2.31. The Labute approximate surface area is 175 Å². The molecule has 5 rings (SSSR count). The summed E-state index contributed by atoms with van der Waals surface area (Å²) in [5, 5.41) is 6.74. The van der Waals surface area contributed by atoms with Crippen molar-refractivity contribution in [3.05, 3.63) is 84.2 Å². The van der Waals surface area contributed by atoms with Gasteiger partial charge in [0.1, 0.15) is 17.8 Å². The molecule has 0 aliphatic carbocycles. The Bertz CT molecular complexity index is 1420. The van der Waals surface area contributed by atoms with Crippen LogP contribution in [0.15, 0.2) is 67.1 Å². The number of anilines is 1. The van der Waals surface area contributed by atoms with Gasteiger partial charge in [0.15, 0.2) is 5.65 Å². The summed E-state index contributed by atoms with van der Waals surface area (Å²) in [6.07, 6.45) is 3.24. The molecule has 0 spiro atoms. The highest BCUT2D eigenvalue weighted by molar-refractivity contribution is 6.04. The van der Waals surface area contributed by atoms with Gasteiger partial charge in [0, 0.05) is 17.5 Å². The van der Waals surface area contributed by atoms with Crippen LogP contribution in [0, 0.1) is 12.7 Å². The van der Waals surface area contributed by atoms with Crippen molar-refractivity contribution in [3.8, 4) is 22.6 Å². The van der Waals surface area contributed by atoms with E-state index in [2.05, 4.69) is 30.4 Å². The van der Waals surface area contributed by atoms with E-state index in [0.717, 1.165) is 11.3 Å². The van der Waals surface area contributed by atoms with E-state index >= 15 is 0 Å². The topological polar surface area (TPSA) is 101 Å². The monoisotopic (exact) mass is 413 g/mol. The number of amides is 1. The molecule has 8 nitrogen and oxygen atoms in total. The zero-order valence-electron chi connectivity index (χ0n) is 16.4. The number of aromatic nitrogens is 6. The number of aryl methyl sites for hydroxylation is 1. The van der Waals surface area contributed by atoms with Gasteiger partial charge in [0.05, 0.1) is 17.0 Å². The van der Waals surface area contributed by atoms with E-state index in [1.54, 1.807) is 16.8 Å². The summed E-state index contributed by atoms with van der Waals surface area (Å²) >= 11 is 0. The number of imidazole rings is 1. The molecule has 0 saturated heterocycles. The summed E-state index contributed by atoms with van der Waals surface area (Å²) in [5.41, 5.74) is 4.05. The summed E-state index contributed by atoms with van der Waals surface area (Å²) in [6, 6.07) is 15.1. The molecule has 1 amide bonds. The number of fused-ring (bicyclic) bond motifs is 1. The van der Waals surface area contributed by atoms with E-state index in [4.69, 9.17) is 0 Å². The number of benzene rings is 1. The van der Waals surface area contributed by atoms with Crippen molar-refractivity contribution in [3.63, 3.8) is 0 Å². The number of carbonyl (C=O) groups excluding carboxylic acids is 1. The van der Waals surface area contributed by atoms with Gasteiger partial charge in [-0.05, 0) is 43.3 Å². The van der Waals surface area contributed by atoms with Crippen molar-refractivity contribution < 1.29 is 9.18 Å². The second kappa shape index (κ2) is 7.45. The molecule has 0 fully saturated rings. The first-order valence-corrected chi connectivity index (χ1v) is 9.48. The smallest absolute Gasteiger partial charge is 0.260 e. The van der Waals surface area contributed by atoms with Gasteiger partial charge in [0.2, 0.25) is 5.95 Å². The van der Waals surface area contributed by atoms with Crippen LogP contribution in [0.1, 0.15) is 16.1 Å². The van der Waals surface area contributed by atoms with E-state index in [0.29, 0.717) is 22.7 Å². The lowest BCUT2D eigenvalue weighted by Gasteiger charge is -2.04. The third kappa shape index (κ3) is 3.52. The quantitative estimate of drug-likeness (QED) is 0.466. The molecule has 0 radical (unpaired) electrons. The van der Waals surface area contributed by atoms with E-state index in [1.165, 1.54) is 24.5 Å². The standard InChI is InChI=1S/C22H16FN7O/c1-13-5-4-8-17(26-13)20-19(14-9-10-30-18(11-14)24-12-25-30)27-22(28-20)29-21(31)15-6-2-3-7-16(15)23/h2-12H,1H3,(H2,27,28,29,31). The summed E-state index contributed by atoms with van der Waals surface area (Å²) in [6.45, 7) is 1.89. The van der Waals surface area contributed by atoms with Crippen LogP contribution in [-0.4, -0.2) is 35.5 Å². The van der Waals surface area contributed by atoms with Gasteiger partial charge in [-0.15, -0.1) is 0 Å². The normalized spacial score (nSPS) is 11.0. The minimum absolute atomic E-state index is 0.0689. The third-order valence-corrected chi connectivity index (χ3v) is 4.75. The second-order valence-electron chi connectivity index (χ2n) is 6.89. The molecule has 31 heavy (non-hydrogen) atoms. The van der Waals surface area contributed by atoms with Gasteiger partial charge in [-0.1, -0.05) is 18.2 Å². The van der Waals surface area contributed by atoms with Crippen LogP contribution in [0.4, 0.5) is 10.3 Å². The first kappa shape index (κ1) is 18.6. The molecule has 0 aliphatic rings. The van der Waals surface area contributed by atoms with E-state index in [-0.39, 0.29) is 11.5 Å². The molecule has 0 unspecified atom stereocenters. The van der Waals surface area contributed by atoms with Crippen molar-refractivity contribution in [2.75, 3.05) is 5.32 Å². The fourth-order valence-corrected chi connectivity index (χ4v) is 3.29. The molecule has 152 valence electrons. The predicted molar refractivity (Wildman–Crippen MR) is 113 cm³/mol. The molecular weight excluding hydrogens is 397 g/mol. The summed E-state index contributed by atoms with van der Waals surface area (Å²) < 4.78 is 15.6. The Morgan fingerprint density at radius 2 is 1.97 bits per heavy atom. The Morgan fingerprint density at radius 1 is 1.10 bits per heavy atom. The summed E-state index contributed by atoms with van der Waals surface area (Å²) in [5.74, 6) is -1.03. The molecular formula is C22H16FN7O. The van der Waals surface area contributed by atoms with Crippen molar-refractivity contribution in [1.82, 2.24) is 29.5 Å². The summed E-state index contributed by atoms with van der Waals surface area (Å²) in [7, 11) is 0. The molecule has 0 saturated carbocycles. The van der Waals surface area contributed by atoms with Crippen LogP contribution in [0.2, 0.25) is 0 Å². The number of aromatic amines is 1. The molecule has 0 aliphatic heterocycles. The molecule has 0 bridgehead atoms. The molecule has 4 aromatic heterocycles. The maximum Gasteiger partial charge on any atom is 0.260 e. The van der Waals surface area contributed by atoms with E-state index in [1.807, 2.05) is 37.3 Å². The maximum atomic E-state index is 14.0. The average molecular weight is 413 g/mol. The minimum Gasteiger partial charge on any atom is -0.322 e. The van der Waals surface area contributed by atoms with Crippen LogP contribution >= 0.6 is 0 Å². The Hall–Kier alpha value is -4.40. The highest BCUT2D eigenvalue weighted by Gasteiger charge is 2.19. The van der Waals surface area contributed by atoms with Crippen LogP contribution in [0.5, 0.6) is 0 Å². The molecule has 2 N–H and O–H groups in total. The van der Waals surface area contributed by atoms with Crippen LogP contribution in [-0.2, 0) is 0 Å². The third-order valence-electron chi connectivity index (χ3n) is 4.75. The molecule has 9 heteroatoms. The second-order valence-corrected chi connectivity index (χ2v) is 6.89. The Kier molecular flexibility index (Phi) is 4.47. The zero-order chi connectivity index (χ0) is 21.4. The van der Waals surface area contributed by atoms with Gasteiger partial charge in [0.25, 0.3) is 5.91 Å². The first-order valence-electron chi connectivity index (χ1n) is 9.48. The lowest BCUT2D eigenvalue weighted by molar-refractivity contribution is 0.102. The fourth-order valence-electron chi connectivity index (χ4n) is 3.29. The Balaban J connectivity index is 1.59. The molecule has 1 aromatic carbocycles. The van der Waals surface area contributed by atoms with Crippen LogP contribution in [0.25, 0.3) is 28.3 Å². The van der Waals surface area contributed by atoms with Crippen molar-refractivity contribution in [2.45, 2.75) is 6.92 Å². The van der Waals surface area contributed by atoms with Gasteiger partial charge in [-0.3, -0.25) is 15.1 Å². The number of pyridine rings is 2. The SMILES string of the molecule is Cc1cccc(-c2[nH]c(NC(=O)c3ccccc3F)nc2-c2ccn3ncnc3c2)n1. The summed E-state index contributed by atoms with van der Waals surface area (Å²) in [4.78, 5) is 29.0. The number of halogens is 1. The highest BCUT2D eigenvalue weighted by atomic mass is 19.1. The van der Waals surface area contributed by atoms with Crippen molar-refractivity contribution in [2.24, 2.45) is 0 Å².